The van der Waals surface area contributed by atoms with Crippen LogP contribution in [0.25, 0.3) is 0 Å². The van der Waals surface area contributed by atoms with Gasteiger partial charge in [-0.25, -0.2) is 9.78 Å². The second kappa shape index (κ2) is 6.97. The lowest BCUT2D eigenvalue weighted by Crippen LogP contribution is -2.27. The molecule has 1 heterocycles. The number of carbonyl (C=O) groups is 2. The third-order valence-corrected chi connectivity index (χ3v) is 4.22. The number of nitrogens with one attached hydrogen (secondary N) is 3. The Labute approximate surface area is 142 Å². The zero-order valence-corrected chi connectivity index (χ0v) is 13.7. The zero-order valence-electron chi connectivity index (χ0n) is 12.1. The summed E-state index contributed by atoms with van der Waals surface area (Å²) in [6, 6.07) is 6.74. The van der Waals surface area contributed by atoms with Crippen molar-refractivity contribution in [3.05, 3.63) is 40.4 Å². The average Bonchev–Trinajstić information content (AvgIpc) is 3.20. The first-order valence-electron chi connectivity index (χ1n) is 7.16. The predicted octanol–water partition coefficient (Wildman–Crippen LogP) is 3.26. The van der Waals surface area contributed by atoms with Crippen molar-refractivity contribution >= 4 is 45.7 Å². The van der Waals surface area contributed by atoms with Crippen molar-refractivity contribution in [2.75, 3.05) is 10.6 Å². The Morgan fingerprint density at radius 2 is 1.96 bits per heavy atom. The minimum absolute atomic E-state index is 0.0324. The maximum absolute atomic E-state index is 11.9. The molecule has 3 N–H and O–H groups in total. The van der Waals surface area contributed by atoms with E-state index in [1.165, 1.54) is 11.3 Å². The van der Waals surface area contributed by atoms with Gasteiger partial charge in [0, 0.05) is 22.1 Å². The van der Waals surface area contributed by atoms with Crippen molar-refractivity contribution < 1.29 is 9.59 Å². The molecule has 0 spiro atoms. The molecule has 3 amide bonds. The van der Waals surface area contributed by atoms with Crippen LogP contribution in [0.2, 0.25) is 5.02 Å². The highest BCUT2D eigenvalue weighted by Crippen LogP contribution is 2.20. The van der Waals surface area contributed by atoms with Crippen LogP contribution in [0.4, 0.5) is 15.6 Å². The molecule has 1 fully saturated rings. The Bertz CT molecular complexity index is 713. The number of urea groups is 1. The number of aromatic nitrogens is 1. The summed E-state index contributed by atoms with van der Waals surface area (Å²) in [5.74, 6) is -0.0324. The highest BCUT2D eigenvalue weighted by molar-refractivity contribution is 7.14. The Morgan fingerprint density at radius 3 is 2.65 bits per heavy atom. The van der Waals surface area contributed by atoms with Crippen LogP contribution in [0.15, 0.2) is 29.6 Å². The van der Waals surface area contributed by atoms with E-state index in [9.17, 15) is 9.59 Å². The predicted molar refractivity (Wildman–Crippen MR) is 91.1 cm³/mol. The molecule has 3 rings (SSSR count). The first kappa shape index (κ1) is 15.8. The summed E-state index contributed by atoms with van der Waals surface area (Å²) in [5.41, 5.74) is 1.28. The molecule has 0 saturated heterocycles. The van der Waals surface area contributed by atoms with Crippen molar-refractivity contribution in [1.82, 2.24) is 10.3 Å². The summed E-state index contributed by atoms with van der Waals surface area (Å²) in [4.78, 5) is 27.8. The topological polar surface area (TPSA) is 83.1 Å². The van der Waals surface area contributed by atoms with Gasteiger partial charge < -0.3 is 10.6 Å². The maximum atomic E-state index is 11.9. The third-order valence-electron chi connectivity index (χ3n) is 3.16. The van der Waals surface area contributed by atoms with Crippen LogP contribution in [-0.4, -0.2) is 23.0 Å². The standard InChI is InChI=1S/C15H15ClN4O2S/c16-9-1-3-11(4-2-9)18-14(22)20-15-19-12(8-23-15)7-13(21)17-10-5-6-10/h1-4,8,10H,5-7H2,(H,17,21)(H2,18,19,20,22). The minimum atomic E-state index is -0.393. The molecule has 0 radical (unpaired) electrons. The monoisotopic (exact) mass is 350 g/mol. The lowest BCUT2D eigenvalue weighted by molar-refractivity contribution is -0.120. The Morgan fingerprint density at radius 1 is 1.22 bits per heavy atom. The van der Waals surface area contributed by atoms with E-state index < -0.39 is 6.03 Å². The van der Waals surface area contributed by atoms with Crippen molar-refractivity contribution in [2.45, 2.75) is 25.3 Å². The number of anilines is 2. The van der Waals surface area contributed by atoms with Gasteiger partial charge in [0.2, 0.25) is 5.91 Å². The number of nitrogens with zero attached hydrogens (tertiary/aromatic N) is 1. The molecule has 0 unspecified atom stereocenters. The fourth-order valence-corrected chi connectivity index (χ4v) is 2.74. The summed E-state index contributed by atoms with van der Waals surface area (Å²) >= 11 is 7.07. The molecule has 8 heteroatoms. The Hall–Kier alpha value is -2.12. The minimum Gasteiger partial charge on any atom is -0.353 e. The van der Waals surface area contributed by atoms with E-state index in [4.69, 9.17) is 11.6 Å². The van der Waals surface area contributed by atoms with Crippen LogP contribution in [0.1, 0.15) is 18.5 Å². The van der Waals surface area contributed by atoms with Crippen LogP contribution < -0.4 is 16.0 Å². The molecule has 0 aliphatic heterocycles. The molecule has 1 saturated carbocycles. The van der Waals surface area contributed by atoms with E-state index in [1.54, 1.807) is 29.6 Å². The Balaban J connectivity index is 1.50. The second-order valence-electron chi connectivity index (χ2n) is 5.25. The van der Waals surface area contributed by atoms with Crippen LogP contribution in [-0.2, 0) is 11.2 Å². The molecule has 1 aromatic carbocycles. The number of amides is 3. The first-order chi connectivity index (χ1) is 11.1. The number of thiazole rings is 1. The number of hydrogen-bond acceptors (Lipinski definition) is 4. The first-order valence-corrected chi connectivity index (χ1v) is 8.41. The van der Waals surface area contributed by atoms with E-state index in [0.717, 1.165) is 12.8 Å². The number of benzene rings is 1. The molecular weight excluding hydrogens is 336 g/mol. The molecule has 120 valence electrons. The zero-order chi connectivity index (χ0) is 16.2. The van der Waals surface area contributed by atoms with Gasteiger partial charge in [0.1, 0.15) is 0 Å². The molecule has 6 nitrogen and oxygen atoms in total. The van der Waals surface area contributed by atoms with Gasteiger partial charge in [-0.15, -0.1) is 11.3 Å². The number of carbonyl (C=O) groups excluding carboxylic acids is 2. The summed E-state index contributed by atoms with van der Waals surface area (Å²) in [6.45, 7) is 0. The van der Waals surface area contributed by atoms with E-state index in [1.807, 2.05) is 0 Å². The number of rotatable bonds is 5. The van der Waals surface area contributed by atoms with Gasteiger partial charge in [-0.1, -0.05) is 11.6 Å². The molecule has 0 atom stereocenters. The SMILES string of the molecule is O=C(Cc1csc(NC(=O)Nc2ccc(Cl)cc2)n1)NC1CC1. The lowest BCUT2D eigenvalue weighted by atomic mass is 10.3. The second-order valence-corrected chi connectivity index (χ2v) is 6.54. The third kappa shape index (κ3) is 4.94. The molecular formula is C15H15ClN4O2S. The van der Waals surface area contributed by atoms with Crippen molar-refractivity contribution in [3.8, 4) is 0 Å². The summed E-state index contributed by atoms with van der Waals surface area (Å²) < 4.78 is 0. The van der Waals surface area contributed by atoms with Crippen molar-refractivity contribution in [1.29, 1.82) is 0 Å². The molecule has 23 heavy (non-hydrogen) atoms. The van der Waals surface area contributed by atoms with Crippen molar-refractivity contribution in [2.24, 2.45) is 0 Å². The van der Waals surface area contributed by atoms with Gasteiger partial charge in [0.05, 0.1) is 12.1 Å². The highest BCUT2D eigenvalue weighted by Gasteiger charge is 2.23. The Kier molecular flexibility index (Phi) is 4.78. The quantitative estimate of drug-likeness (QED) is 0.774. The van der Waals surface area contributed by atoms with Gasteiger partial charge in [-0.05, 0) is 37.1 Å². The number of hydrogen-bond donors (Lipinski definition) is 3. The van der Waals surface area contributed by atoms with Crippen LogP contribution in [0.3, 0.4) is 0 Å². The van der Waals surface area contributed by atoms with Crippen LogP contribution in [0.5, 0.6) is 0 Å². The smallest absolute Gasteiger partial charge is 0.325 e. The normalized spacial score (nSPS) is 13.4. The van der Waals surface area contributed by atoms with Gasteiger partial charge in [0.15, 0.2) is 5.13 Å². The van der Waals surface area contributed by atoms with Crippen LogP contribution in [0, 0.1) is 0 Å². The highest BCUT2D eigenvalue weighted by atomic mass is 35.5. The fraction of sp³-hybridized carbons (Fsp3) is 0.267. The molecule has 1 aromatic heterocycles. The van der Waals surface area contributed by atoms with E-state index in [0.29, 0.717) is 27.6 Å². The van der Waals surface area contributed by atoms with Gasteiger partial charge in [-0.2, -0.15) is 0 Å². The molecule has 1 aliphatic rings. The van der Waals surface area contributed by atoms with Gasteiger partial charge >= 0.3 is 6.03 Å². The van der Waals surface area contributed by atoms with Gasteiger partial charge in [0.25, 0.3) is 0 Å². The van der Waals surface area contributed by atoms with Crippen LogP contribution >= 0.6 is 22.9 Å². The molecule has 1 aliphatic carbocycles. The van der Waals surface area contributed by atoms with E-state index in [-0.39, 0.29) is 12.3 Å². The summed E-state index contributed by atoms with van der Waals surface area (Å²) in [6.07, 6.45) is 2.34. The summed E-state index contributed by atoms with van der Waals surface area (Å²) in [7, 11) is 0. The maximum Gasteiger partial charge on any atom is 0.325 e. The van der Waals surface area contributed by atoms with Gasteiger partial charge in [-0.3, -0.25) is 10.1 Å². The van der Waals surface area contributed by atoms with Crippen molar-refractivity contribution in [3.63, 3.8) is 0 Å². The van der Waals surface area contributed by atoms with E-state index in [2.05, 4.69) is 20.9 Å². The summed E-state index contributed by atoms with van der Waals surface area (Å²) in [5, 5.41) is 11.0. The number of halogens is 1. The van der Waals surface area contributed by atoms with E-state index >= 15 is 0 Å². The fourth-order valence-electron chi connectivity index (χ4n) is 1.91. The molecule has 2 aromatic rings. The largest absolute Gasteiger partial charge is 0.353 e. The molecule has 0 bridgehead atoms. The lowest BCUT2D eigenvalue weighted by Gasteiger charge is -2.05. The average molecular weight is 351 g/mol.